The van der Waals surface area contributed by atoms with E-state index in [0.29, 0.717) is 5.92 Å². The van der Waals surface area contributed by atoms with Crippen LogP contribution in [0, 0.1) is 11.3 Å². The largest absolute Gasteiger partial charge is 0.340 e. The van der Waals surface area contributed by atoms with Gasteiger partial charge in [-0.1, -0.05) is 32.9 Å². The van der Waals surface area contributed by atoms with Gasteiger partial charge < -0.3 is 9.80 Å². The molecule has 1 saturated heterocycles. The fraction of sp³-hybridized carbons (Fsp3) is 0.842. The third kappa shape index (κ3) is 5.03. The van der Waals surface area contributed by atoms with Crippen molar-refractivity contribution in [2.24, 2.45) is 11.3 Å². The highest BCUT2D eigenvalue weighted by Crippen LogP contribution is 2.34. The van der Waals surface area contributed by atoms with Crippen LogP contribution in [0.2, 0.25) is 0 Å². The van der Waals surface area contributed by atoms with Crippen molar-refractivity contribution < 1.29 is 4.79 Å². The molecule has 0 atom stereocenters. The molecule has 1 fully saturated rings. The van der Waals surface area contributed by atoms with Crippen molar-refractivity contribution in [1.82, 2.24) is 24.8 Å². The maximum absolute atomic E-state index is 13.0. The first kappa shape index (κ1) is 19.9. The van der Waals surface area contributed by atoms with E-state index in [9.17, 15) is 4.79 Å². The van der Waals surface area contributed by atoms with Gasteiger partial charge in [-0.05, 0) is 39.7 Å². The lowest BCUT2D eigenvalue weighted by Crippen LogP contribution is -2.52. The van der Waals surface area contributed by atoms with Crippen LogP contribution >= 0.6 is 0 Å². The summed E-state index contributed by atoms with van der Waals surface area (Å²) in [5.41, 5.74) is 0.337. The number of carbonyl (C=O) groups is 1. The molecule has 6 heteroatoms. The summed E-state index contributed by atoms with van der Waals surface area (Å²) in [5, 5.41) is 8.65. The monoisotopic (exact) mass is 349 g/mol. The highest BCUT2D eigenvalue weighted by atomic mass is 16.2. The minimum absolute atomic E-state index is 0.246. The molecule has 0 aliphatic carbocycles. The summed E-state index contributed by atoms with van der Waals surface area (Å²) in [6.45, 7) is 16.3. The number of amides is 1. The second-order valence-electron chi connectivity index (χ2n) is 9.22. The van der Waals surface area contributed by atoms with E-state index in [1.165, 1.54) is 0 Å². The van der Waals surface area contributed by atoms with Gasteiger partial charge in [-0.2, -0.15) is 0 Å². The molecule has 0 spiro atoms. The van der Waals surface area contributed by atoms with E-state index < -0.39 is 5.41 Å². The van der Waals surface area contributed by atoms with Gasteiger partial charge >= 0.3 is 0 Å². The Morgan fingerprint density at radius 2 is 1.76 bits per heavy atom. The van der Waals surface area contributed by atoms with Gasteiger partial charge in [0.15, 0.2) is 0 Å². The van der Waals surface area contributed by atoms with E-state index in [4.69, 9.17) is 0 Å². The van der Waals surface area contributed by atoms with Gasteiger partial charge in [-0.3, -0.25) is 4.79 Å². The Labute approximate surface area is 152 Å². The van der Waals surface area contributed by atoms with Crippen molar-refractivity contribution in [3.63, 3.8) is 0 Å². The van der Waals surface area contributed by atoms with Crippen LogP contribution in [0.15, 0.2) is 6.20 Å². The predicted octanol–water partition coefficient (Wildman–Crippen LogP) is 2.40. The molecule has 142 valence electrons. The Kier molecular flexibility index (Phi) is 5.92. The molecule has 25 heavy (non-hydrogen) atoms. The Hall–Kier alpha value is -1.43. The van der Waals surface area contributed by atoms with E-state index in [0.717, 1.165) is 44.7 Å². The summed E-state index contributed by atoms with van der Waals surface area (Å²) in [4.78, 5) is 17.3. The topological polar surface area (TPSA) is 54.3 Å². The van der Waals surface area contributed by atoms with Crippen LogP contribution in [0.4, 0.5) is 0 Å². The van der Waals surface area contributed by atoms with Crippen LogP contribution in [-0.4, -0.2) is 63.9 Å². The first-order chi connectivity index (χ1) is 11.5. The number of carbonyl (C=O) groups excluding carboxylic acids is 1. The minimum atomic E-state index is -0.427. The molecule has 1 aromatic heterocycles. The van der Waals surface area contributed by atoms with Crippen LogP contribution in [0.3, 0.4) is 0 Å². The zero-order valence-electron chi connectivity index (χ0n) is 17.0. The molecular formula is C19H35N5O. The quantitative estimate of drug-likeness (QED) is 0.791. The summed E-state index contributed by atoms with van der Waals surface area (Å²) >= 11 is 0. The van der Waals surface area contributed by atoms with Crippen molar-refractivity contribution in [1.29, 1.82) is 0 Å². The molecule has 6 nitrogen and oxygen atoms in total. The van der Waals surface area contributed by atoms with E-state index >= 15 is 0 Å². The SMILES string of the molecule is CC(C)Cc1cn(C(C)(C)CC(C)(C)C(=O)N2CCN(C)CC2)nn1. The van der Waals surface area contributed by atoms with E-state index in [-0.39, 0.29) is 11.4 Å². The lowest BCUT2D eigenvalue weighted by atomic mass is 9.78. The molecule has 0 saturated carbocycles. The van der Waals surface area contributed by atoms with Gasteiger partial charge in [0.25, 0.3) is 0 Å². The summed E-state index contributed by atoms with van der Waals surface area (Å²) in [6.07, 6.45) is 3.70. The van der Waals surface area contributed by atoms with Gasteiger partial charge in [0, 0.05) is 37.8 Å². The Morgan fingerprint density at radius 1 is 1.16 bits per heavy atom. The van der Waals surface area contributed by atoms with Crippen molar-refractivity contribution in [2.45, 2.75) is 59.9 Å². The molecule has 1 aromatic rings. The van der Waals surface area contributed by atoms with Gasteiger partial charge in [0.05, 0.1) is 11.2 Å². The zero-order chi connectivity index (χ0) is 18.8. The Bertz CT molecular complexity index is 582. The molecule has 2 heterocycles. The summed E-state index contributed by atoms with van der Waals surface area (Å²) in [7, 11) is 2.11. The first-order valence-electron chi connectivity index (χ1n) is 9.41. The predicted molar refractivity (Wildman–Crippen MR) is 100 cm³/mol. The standard InChI is InChI=1S/C19H35N5O/c1-15(2)12-16-13-24(21-20-16)19(5,6)14-18(3,4)17(25)23-10-8-22(7)9-11-23/h13,15H,8-12,14H2,1-7H3. The fourth-order valence-corrected chi connectivity index (χ4v) is 3.78. The molecule has 0 radical (unpaired) electrons. The van der Waals surface area contributed by atoms with Crippen molar-refractivity contribution in [3.8, 4) is 0 Å². The van der Waals surface area contributed by atoms with Crippen LogP contribution in [0.25, 0.3) is 0 Å². The van der Waals surface area contributed by atoms with E-state index in [2.05, 4.69) is 63.8 Å². The molecule has 1 amide bonds. The summed E-state index contributed by atoms with van der Waals surface area (Å²) in [5.74, 6) is 0.805. The number of rotatable bonds is 6. The maximum atomic E-state index is 13.0. The van der Waals surface area contributed by atoms with Gasteiger partial charge in [-0.15, -0.1) is 5.10 Å². The minimum Gasteiger partial charge on any atom is -0.340 e. The van der Waals surface area contributed by atoms with Crippen molar-refractivity contribution in [2.75, 3.05) is 33.2 Å². The molecular weight excluding hydrogens is 314 g/mol. The molecule has 0 bridgehead atoms. The highest BCUT2D eigenvalue weighted by molar-refractivity contribution is 5.82. The number of likely N-dealkylation sites (N-methyl/N-ethyl adjacent to an activating group) is 1. The van der Waals surface area contributed by atoms with E-state index in [1.54, 1.807) is 0 Å². The lowest BCUT2D eigenvalue weighted by molar-refractivity contribution is -0.143. The number of hydrogen-bond donors (Lipinski definition) is 0. The van der Waals surface area contributed by atoms with Gasteiger partial charge in [-0.25, -0.2) is 4.68 Å². The number of aromatic nitrogens is 3. The fourth-order valence-electron chi connectivity index (χ4n) is 3.78. The van der Waals surface area contributed by atoms with Crippen LogP contribution in [-0.2, 0) is 16.8 Å². The van der Waals surface area contributed by atoms with Crippen LogP contribution in [0.1, 0.15) is 53.7 Å². The smallest absolute Gasteiger partial charge is 0.228 e. The zero-order valence-corrected chi connectivity index (χ0v) is 17.0. The second-order valence-corrected chi connectivity index (χ2v) is 9.22. The first-order valence-corrected chi connectivity index (χ1v) is 9.41. The average Bonchev–Trinajstić information content (AvgIpc) is 2.95. The molecule has 2 rings (SSSR count). The maximum Gasteiger partial charge on any atom is 0.228 e. The van der Waals surface area contributed by atoms with Gasteiger partial charge in [0.2, 0.25) is 5.91 Å². The average molecular weight is 350 g/mol. The highest BCUT2D eigenvalue weighted by Gasteiger charge is 2.39. The van der Waals surface area contributed by atoms with Crippen LogP contribution in [0.5, 0.6) is 0 Å². The Morgan fingerprint density at radius 3 is 2.32 bits per heavy atom. The lowest BCUT2D eigenvalue weighted by Gasteiger charge is -2.40. The number of hydrogen-bond acceptors (Lipinski definition) is 4. The molecule has 1 aliphatic heterocycles. The number of piperazine rings is 1. The normalized spacial score (nSPS) is 17.4. The third-order valence-electron chi connectivity index (χ3n) is 5.02. The molecule has 0 aromatic carbocycles. The van der Waals surface area contributed by atoms with Gasteiger partial charge in [0.1, 0.15) is 0 Å². The van der Waals surface area contributed by atoms with Crippen molar-refractivity contribution >= 4 is 5.91 Å². The Balaban J connectivity index is 2.06. The van der Waals surface area contributed by atoms with Crippen LogP contribution < -0.4 is 0 Å². The van der Waals surface area contributed by atoms with E-state index in [1.807, 2.05) is 15.8 Å². The third-order valence-corrected chi connectivity index (χ3v) is 5.02. The van der Waals surface area contributed by atoms with Crippen molar-refractivity contribution in [3.05, 3.63) is 11.9 Å². The molecule has 0 unspecified atom stereocenters. The summed E-state index contributed by atoms with van der Waals surface area (Å²) in [6, 6.07) is 0. The number of nitrogens with zero attached hydrogens (tertiary/aromatic N) is 5. The summed E-state index contributed by atoms with van der Waals surface area (Å²) < 4.78 is 1.93. The molecule has 1 aliphatic rings. The molecule has 0 N–H and O–H groups in total. The second kappa shape index (κ2) is 7.44.